The van der Waals surface area contributed by atoms with Crippen molar-refractivity contribution in [3.63, 3.8) is 0 Å². The van der Waals surface area contributed by atoms with E-state index in [-0.39, 0.29) is 20.1 Å². The first kappa shape index (κ1) is 36.2. The molecule has 6 aromatic carbocycles. The minimum Gasteiger partial charge on any atom is -0.333 e. The molecule has 0 aliphatic heterocycles. The zero-order valence-corrected chi connectivity index (χ0v) is 33.4. The zero-order valence-electron chi connectivity index (χ0n) is 30.2. The fraction of sp³-hybridized carbons (Fsp3) is 0.125. The van der Waals surface area contributed by atoms with E-state index >= 15 is 0 Å². The van der Waals surface area contributed by atoms with Crippen LogP contribution in [0, 0.1) is 11.4 Å². The Hall–Kier alpha value is -5.19. The summed E-state index contributed by atoms with van der Waals surface area (Å²) in [6.07, 6.45) is 1.79. The van der Waals surface area contributed by atoms with Crippen molar-refractivity contribution < 1.29 is 20.1 Å². The summed E-state index contributed by atoms with van der Waals surface area (Å²) in [5, 5.41) is 7.39. The van der Waals surface area contributed by atoms with Gasteiger partial charge in [0.25, 0.3) is 0 Å². The van der Waals surface area contributed by atoms with Crippen molar-refractivity contribution in [3.8, 4) is 39.5 Å². The van der Waals surface area contributed by atoms with E-state index < -0.39 is 0 Å². The Balaban J connectivity index is 0.000000284. The van der Waals surface area contributed by atoms with Gasteiger partial charge in [0.15, 0.2) is 0 Å². The monoisotopic (exact) mass is 882 g/mol. The van der Waals surface area contributed by atoms with E-state index in [2.05, 4.69) is 152 Å². The number of fused-ring (bicyclic) bond motifs is 3. The molecule has 3 heterocycles. The van der Waals surface area contributed by atoms with Crippen LogP contribution >= 0.6 is 11.3 Å². The standard InChI is InChI=1S/C37H31N2S.C11H8N.Ir/c1-23(2)27-14-10-15-28(24(3)4)36(27)39-34-18-8-7-17-33(34)38-37(39)32-22-40-35-20-19-26(21-31(32)35)30-16-9-12-25-11-5-6-13-29(25)30;1-2-6-10(7-3-1)11-8-4-5-9-12-11;/h5-21,23-24H,1-4H3;1-6,8-9H;/q2*-1;. The van der Waals surface area contributed by atoms with Crippen LogP contribution < -0.4 is 0 Å². The molecular formula is C48H39IrN3S-2. The molecule has 263 valence electrons. The van der Waals surface area contributed by atoms with Gasteiger partial charge in [0.05, 0.1) is 16.9 Å². The van der Waals surface area contributed by atoms with Crippen LogP contribution in [0.15, 0.2) is 152 Å². The number of hydrogen-bond donors (Lipinski definition) is 0. The van der Waals surface area contributed by atoms with E-state index in [1.54, 1.807) is 17.5 Å². The van der Waals surface area contributed by atoms with Crippen LogP contribution in [0.1, 0.15) is 50.7 Å². The third kappa shape index (κ3) is 7.13. The van der Waals surface area contributed by atoms with Crippen molar-refractivity contribution in [2.75, 3.05) is 0 Å². The van der Waals surface area contributed by atoms with Gasteiger partial charge in [0.2, 0.25) is 0 Å². The number of pyridine rings is 1. The van der Waals surface area contributed by atoms with Crippen molar-refractivity contribution in [3.05, 3.63) is 174 Å². The third-order valence-corrected chi connectivity index (χ3v) is 10.5. The number of hydrogen-bond acceptors (Lipinski definition) is 3. The first-order valence-electron chi connectivity index (χ1n) is 17.9. The molecule has 0 spiro atoms. The second-order valence-electron chi connectivity index (χ2n) is 13.7. The summed E-state index contributed by atoms with van der Waals surface area (Å²) in [6, 6.07) is 54.1. The molecule has 0 amide bonds. The summed E-state index contributed by atoms with van der Waals surface area (Å²) >= 11 is 1.67. The maximum absolute atomic E-state index is 5.27. The predicted molar refractivity (Wildman–Crippen MR) is 220 cm³/mol. The number of para-hydroxylation sites is 3. The molecule has 1 radical (unpaired) electrons. The average Bonchev–Trinajstić information content (AvgIpc) is 3.79. The third-order valence-electron chi connectivity index (χ3n) is 9.61. The van der Waals surface area contributed by atoms with Gasteiger partial charge in [0.1, 0.15) is 0 Å². The summed E-state index contributed by atoms with van der Waals surface area (Å²) in [7, 11) is 0. The van der Waals surface area contributed by atoms with Crippen molar-refractivity contribution >= 4 is 43.2 Å². The maximum atomic E-state index is 5.27. The Morgan fingerprint density at radius 2 is 1.38 bits per heavy atom. The number of benzene rings is 6. The molecule has 0 aliphatic carbocycles. The molecule has 0 aliphatic rings. The molecular weight excluding hydrogens is 843 g/mol. The van der Waals surface area contributed by atoms with Gasteiger partial charge in [-0.2, -0.15) is 0 Å². The van der Waals surface area contributed by atoms with Gasteiger partial charge in [-0.25, -0.2) is 0 Å². The van der Waals surface area contributed by atoms with E-state index in [0.29, 0.717) is 11.8 Å². The Kier molecular flexibility index (Phi) is 10.8. The Morgan fingerprint density at radius 1 is 0.660 bits per heavy atom. The SMILES string of the molecule is CC(C)c1cccc(C(C)C)c1-n1c(-c2[c-]sc3ccc(-c4cccc5ccccc45)cc23)nc2ccccc21.[Ir].[c-]1ccccc1-c1ccccn1. The van der Waals surface area contributed by atoms with Gasteiger partial charge in [-0.1, -0.05) is 146 Å². The van der Waals surface area contributed by atoms with Crippen LogP contribution in [0.5, 0.6) is 0 Å². The molecule has 3 nitrogen and oxygen atoms in total. The first-order chi connectivity index (χ1) is 25.5. The molecule has 9 aromatic rings. The molecule has 9 rings (SSSR count). The van der Waals surface area contributed by atoms with E-state index in [4.69, 9.17) is 4.98 Å². The van der Waals surface area contributed by atoms with Gasteiger partial charge in [0, 0.05) is 32.0 Å². The van der Waals surface area contributed by atoms with Crippen LogP contribution in [0.3, 0.4) is 0 Å². The average molecular weight is 882 g/mol. The van der Waals surface area contributed by atoms with Crippen molar-refractivity contribution in [1.82, 2.24) is 14.5 Å². The molecule has 0 saturated carbocycles. The smallest absolute Gasteiger partial charge is 0.0774 e. The summed E-state index contributed by atoms with van der Waals surface area (Å²) in [5.74, 6) is 1.71. The summed E-state index contributed by atoms with van der Waals surface area (Å²) in [5.41, 5.74) is 11.6. The molecule has 0 saturated heterocycles. The fourth-order valence-electron chi connectivity index (χ4n) is 7.05. The van der Waals surface area contributed by atoms with E-state index in [0.717, 1.165) is 33.7 Å². The predicted octanol–water partition coefficient (Wildman–Crippen LogP) is 13.3. The normalized spacial score (nSPS) is 11.2. The Morgan fingerprint density at radius 3 is 2.13 bits per heavy atom. The summed E-state index contributed by atoms with van der Waals surface area (Å²) < 4.78 is 3.63. The second kappa shape index (κ2) is 15.8. The minimum atomic E-state index is 0. The first-order valence-corrected chi connectivity index (χ1v) is 18.7. The van der Waals surface area contributed by atoms with E-state index in [1.807, 2.05) is 42.5 Å². The number of imidazole rings is 1. The van der Waals surface area contributed by atoms with Gasteiger partial charge in [-0.15, -0.1) is 41.3 Å². The van der Waals surface area contributed by atoms with Crippen LogP contribution in [0.4, 0.5) is 0 Å². The van der Waals surface area contributed by atoms with Crippen molar-refractivity contribution in [1.29, 1.82) is 0 Å². The molecule has 3 aromatic heterocycles. The van der Waals surface area contributed by atoms with E-state index in [9.17, 15) is 0 Å². The molecule has 0 bridgehead atoms. The fourth-order valence-corrected chi connectivity index (χ4v) is 7.87. The van der Waals surface area contributed by atoms with Crippen LogP contribution in [0.2, 0.25) is 0 Å². The number of thiophene rings is 1. The molecule has 0 unspecified atom stereocenters. The number of aromatic nitrogens is 3. The summed E-state index contributed by atoms with van der Waals surface area (Å²) in [6.45, 7) is 9.13. The summed E-state index contributed by atoms with van der Waals surface area (Å²) in [4.78, 5) is 9.49. The van der Waals surface area contributed by atoms with Gasteiger partial charge in [-0.3, -0.25) is 16.3 Å². The Labute approximate surface area is 329 Å². The largest absolute Gasteiger partial charge is 0.333 e. The molecule has 53 heavy (non-hydrogen) atoms. The van der Waals surface area contributed by atoms with E-state index in [1.165, 1.54) is 48.8 Å². The van der Waals surface area contributed by atoms with Crippen molar-refractivity contribution in [2.24, 2.45) is 0 Å². The molecule has 0 atom stereocenters. The van der Waals surface area contributed by atoms with Gasteiger partial charge >= 0.3 is 0 Å². The van der Waals surface area contributed by atoms with Gasteiger partial charge < -0.3 is 9.55 Å². The number of nitrogens with zero attached hydrogens (tertiary/aromatic N) is 3. The Bertz CT molecular complexity index is 2570. The maximum Gasteiger partial charge on any atom is 0.0774 e. The molecule has 5 heteroatoms. The second-order valence-corrected chi connectivity index (χ2v) is 14.5. The zero-order chi connectivity index (χ0) is 35.6. The van der Waals surface area contributed by atoms with Crippen LogP contribution in [-0.2, 0) is 20.1 Å². The molecule has 0 fully saturated rings. The topological polar surface area (TPSA) is 30.7 Å². The molecule has 0 N–H and O–H groups in total. The minimum absolute atomic E-state index is 0. The quantitative estimate of drug-likeness (QED) is 0.156. The van der Waals surface area contributed by atoms with Gasteiger partial charge in [-0.05, 0) is 68.8 Å². The van der Waals surface area contributed by atoms with Crippen LogP contribution in [-0.4, -0.2) is 14.5 Å². The van der Waals surface area contributed by atoms with Crippen LogP contribution in [0.25, 0.3) is 71.4 Å². The van der Waals surface area contributed by atoms with Crippen molar-refractivity contribution in [2.45, 2.75) is 39.5 Å². The number of rotatable bonds is 6.